The van der Waals surface area contributed by atoms with Gasteiger partial charge in [-0.05, 0) is 38.0 Å². The van der Waals surface area contributed by atoms with Gasteiger partial charge in [0, 0.05) is 16.8 Å². The van der Waals surface area contributed by atoms with Crippen molar-refractivity contribution in [3.05, 3.63) is 34.3 Å². The van der Waals surface area contributed by atoms with Crippen LogP contribution in [0.15, 0.2) is 28.7 Å². The van der Waals surface area contributed by atoms with E-state index >= 15 is 0 Å². The standard InChI is InChI=1S/C15H18BrClO/c1-12(6-4-3-5-11-17)15(2,18)13-7-9-14(16)10-8-13/h7-10,12,18H,3,5,11H2,1-2H3. The summed E-state index contributed by atoms with van der Waals surface area (Å²) in [6.45, 7) is 3.74. The van der Waals surface area contributed by atoms with Crippen molar-refractivity contribution in [3.8, 4) is 11.8 Å². The van der Waals surface area contributed by atoms with Gasteiger partial charge in [0.05, 0.1) is 5.92 Å². The summed E-state index contributed by atoms with van der Waals surface area (Å²) in [5, 5.41) is 10.6. The Kier molecular flexibility index (Phi) is 6.21. The molecule has 3 heteroatoms. The average molecular weight is 330 g/mol. The molecule has 0 aliphatic rings. The maximum atomic E-state index is 10.6. The Hall–Kier alpha value is -0.490. The Labute approximate surface area is 123 Å². The minimum Gasteiger partial charge on any atom is -0.384 e. The molecular weight excluding hydrogens is 312 g/mol. The van der Waals surface area contributed by atoms with Crippen LogP contribution >= 0.6 is 27.5 Å². The highest BCUT2D eigenvalue weighted by atomic mass is 79.9. The Balaban J connectivity index is 2.77. The number of benzene rings is 1. The van der Waals surface area contributed by atoms with E-state index in [1.165, 1.54) is 0 Å². The molecule has 1 N–H and O–H groups in total. The molecule has 18 heavy (non-hydrogen) atoms. The molecule has 0 saturated carbocycles. The van der Waals surface area contributed by atoms with Gasteiger partial charge in [-0.1, -0.05) is 34.0 Å². The molecule has 98 valence electrons. The zero-order valence-corrected chi connectivity index (χ0v) is 13.1. The fraction of sp³-hybridized carbons (Fsp3) is 0.467. The lowest BCUT2D eigenvalue weighted by atomic mass is 9.84. The van der Waals surface area contributed by atoms with Crippen molar-refractivity contribution in [2.24, 2.45) is 5.92 Å². The van der Waals surface area contributed by atoms with Crippen LogP contribution in [0.3, 0.4) is 0 Å². The quantitative estimate of drug-likeness (QED) is 0.495. The Morgan fingerprint density at radius 2 is 2.00 bits per heavy atom. The molecule has 0 heterocycles. The minimum absolute atomic E-state index is 0.117. The molecule has 1 aromatic carbocycles. The third kappa shape index (κ3) is 4.31. The topological polar surface area (TPSA) is 20.2 Å². The summed E-state index contributed by atoms with van der Waals surface area (Å²) in [6.07, 6.45) is 1.67. The summed E-state index contributed by atoms with van der Waals surface area (Å²) in [5.74, 6) is 6.68. The molecular formula is C15H18BrClO. The predicted octanol–water partition coefficient (Wildman–Crippen LogP) is 4.32. The number of alkyl halides is 1. The molecule has 0 aromatic heterocycles. The van der Waals surface area contributed by atoms with Crippen molar-refractivity contribution in [2.75, 3.05) is 5.88 Å². The van der Waals surface area contributed by atoms with E-state index in [0.717, 1.165) is 22.9 Å². The maximum absolute atomic E-state index is 10.6. The monoisotopic (exact) mass is 328 g/mol. The maximum Gasteiger partial charge on any atom is 0.100 e. The van der Waals surface area contributed by atoms with Crippen molar-refractivity contribution >= 4 is 27.5 Å². The lowest BCUT2D eigenvalue weighted by Gasteiger charge is -2.27. The van der Waals surface area contributed by atoms with Gasteiger partial charge in [0.2, 0.25) is 0 Å². The van der Waals surface area contributed by atoms with Gasteiger partial charge in [0.1, 0.15) is 5.60 Å². The van der Waals surface area contributed by atoms with Crippen LogP contribution in [0.1, 0.15) is 32.3 Å². The highest BCUT2D eigenvalue weighted by Gasteiger charge is 2.29. The van der Waals surface area contributed by atoms with Gasteiger partial charge in [-0.15, -0.1) is 17.5 Å². The minimum atomic E-state index is -0.936. The van der Waals surface area contributed by atoms with Crippen molar-refractivity contribution in [3.63, 3.8) is 0 Å². The van der Waals surface area contributed by atoms with Crippen LogP contribution in [-0.4, -0.2) is 11.0 Å². The first-order chi connectivity index (χ1) is 8.48. The van der Waals surface area contributed by atoms with Gasteiger partial charge in [0.15, 0.2) is 0 Å². The second-order valence-electron chi connectivity index (χ2n) is 4.49. The molecule has 0 aliphatic carbocycles. The van der Waals surface area contributed by atoms with Crippen LogP contribution in [0.5, 0.6) is 0 Å². The van der Waals surface area contributed by atoms with E-state index < -0.39 is 5.60 Å². The number of hydrogen-bond donors (Lipinski definition) is 1. The van der Waals surface area contributed by atoms with Crippen LogP contribution in [0, 0.1) is 17.8 Å². The smallest absolute Gasteiger partial charge is 0.100 e. The van der Waals surface area contributed by atoms with E-state index in [1.807, 2.05) is 31.2 Å². The van der Waals surface area contributed by atoms with Gasteiger partial charge in [-0.2, -0.15) is 0 Å². The largest absolute Gasteiger partial charge is 0.384 e. The van der Waals surface area contributed by atoms with E-state index in [-0.39, 0.29) is 5.92 Å². The van der Waals surface area contributed by atoms with E-state index in [1.54, 1.807) is 6.92 Å². The number of halogens is 2. The Bertz CT molecular complexity index is 428. The first-order valence-corrected chi connectivity index (χ1v) is 7.34. The second kappa shape index (κ2) is 7.19. The highest BCUT2D eigenvalue weighted by Crippen LogP contribution is 2.29. The van der Waals surface area contributed by atoms with E-state index in [0.29, 0.717) is 5.88 Å². The summed E-state index contributed by atoms with van der Waals surface area (Å²) in [7, 11) is 0. The number of hydrogen-bond acceptors (Lipinski definition) is 1. The molecule has 2 unspecified atom stereocenters. The van der Waals surface area contributed by atoms with E-state index in [9.17, 15) is 5.11 Å². The SMILES string of the molecule is CC(C#CCCCCl)C(C)(O)c1ccc(Br)cc1. The van der Waals surface area contributed by atoms with Crippen LogP contribution in [0.2, 0.25) is 0 Å². The summed E-state index contributed by atoms with van der Waals surface area (Å²) in [5.41, 5.74) is -0.0564. The molecule has 1 aromatic rings. The lowest BCUT2D eigenvalue weighted by molar-refractivity contribution is 0.0239. The van der Waals surface area contributed by atoms with Gasteiger partial charge in [-0.25, -0.2) is 0 Å². The predicted molar refractivity (Wildman–Crippen MR) is 80.6 cm³/mol. The molecule has 0 spiro atoms. The van der Waals surface area contributed by atoms with E-state index in [4.69, 9.17) is 11.6 Å². The first-order valence-electron chi connectivity index (χ1n) is 6.01. The highest BCUT2D eigenvalue weighted by molar-refractivity contribution is 9.10. The van der Waals surface area contributed by atoms with Gasteiger partial charge in [-0.3, -0.25) is 0 Å². The zero-order chi connectivity index (χ0) is 13.6. The zero-order valence-electron chi connectivity index (χ0n) is 10.7. The van der Waals surface area contributed by atoms with Gasteiger partial charge >= 0.3 is 0 Å². The van der Waals surface area contributed by atoms with Crippen molar-refractivity contribution in [1.82, 2.24) is 0 Å². The number of aliphatic hydroxyl groups is 1. The van der Waals surface area contributed by atoms with Crippen LogP contribution in [-0.2, 0) is 5.60 Å². The Morgan fingerprint density at radius 3 is 2.56 bits per heavy atom. The van der Waals surface area contributed by atoms with Crippen LogP contribution < -0.4 is 0 Å². The first kappa shape index (κ1) is 15.6. The van der Waals surface area contributed by atoms with Crippen molar-refractivity contribution in [2.45, 2.75) is 32.3 Å². The molecule has 1 nitrogen and oxygen atoms in total. The fourth-order valence-electron chi connectivity index (χ4n) is 1.56. The fourth-order valence-corrected chi connectivity index (χ4v) is 1.96. The van der Waals surface area contributed by atoms with E-state index in [2.05, 4.69) is 27.8 Å². The molecule has 2 atom stereocenters. The third-order valence-electron chi connectivity index (χ3n) is 3.03. The molecule has 0 amide bonds. The van der Waals surface area contributed by atoms with Crippen LogP contribution in [0.25, 0.3) is 0 Å². The molecule has 1 rings (SSSR count). The summed E-state index contributed by atoms with van der Waals surface area (Å²) < 4.78 is 1.00. The average Bonchev–Trinajstić information content (AvgIpc) is 2.35. The lowest BCUT2D eigenvalue weighted by Crippen LogP contribution is -2.28. The second-order valence-corrected chi connectivity index (χ2v) is 5.78. The normalized spacial score (nSPS) is 15.4. The molecule has 0 bridgehead atoms. The number of unbranched alkanes of at least 4 members (excludes halogenated alkanes) is 1. The van der Waals surface area contributed by atoms with Crippen molar-refractivity contribution < 1.29 is 5.11 Å². The Morgan fingerprint density at radius 1 is 1.39 bits per heavy atom. The van der Waals surface area contributed by atoms with Crippen LogP contribution in [0.4, 0.5) is 0 Å². The summed E-state index contributed by atoms with van der Waals surface area (Å²) in [6, 6.07) is 7.69. The van der Waals surface area contributed by atoms with Gasteiger partial charge < -0.3 is 5.11 Å². The summed E-state index contributed by atoms with van der Waals surface area (Å²) in [4.78, 5) is 0. The number of rotatable bonds is 4. The molecule has 0 radical (unpaired) electrons. The van der Waals surface area contributed by atoms with Crippen molar-refractivity contribution in [1.29, 1.82) is 0 Å². The molecule has 0 fully saturated rings. The molecule has 0 saturated heterocycles. The third-order valence-corrected chi connectivity index (χ3v) is 3.82. The van der Waals surface area contributed by atoms with Gasteiger partial charge in [0.25, 0.3) is 0 Å². The molecule has 0 aliphatic heterocycles. The summed E-state index contributed by atoms with van der Waals surface area (Å²) >= 11 is 8.98.